The van der Waals surface area contributed by atoms with Gasteiger partial charge in [-0.05, 0) is 35.9 Å². The van der Waals surface area contributed by atoms with Gasteiger partial charge in [0.25, 0.3) is 0 Å². The second-order valence-electron chi connectivity index (χ2n) is 3.64. The van der Waals surface area contributed by atoms with E-state index in [2.05, 4.69) is 5.32 Å². The second-order valence-corrected chi connectivity index (χ2v) is 4.95. The lowest BCUT2D eigenvalue weighted by atomic mass is 10.2. The van der Waals surface area contributed by atoms with Crippen molar-refractivity contribution in [2.24, 2.45) is 0 Å². The van der Waals surface area contributed by atoms with Gasteiger partial charge in [0.15, 0.2) is 0 Å². The van der Waals surface area contributed by atoms with Crippen molar-refractivity contribution in [2.75, 3.05) is 5.32 Å². The molecule has 0 fully saturated rings. The van der Waals surface area contributed by atoms with E-state index in [1.165, 1.54) is 0 Å². The Balaban J connectivity index is 2.04. The molecule has 0 aliphatic heterocycles. The molecule has 0 aromatic heterocycles. The van der Waals surface area contributed by atoms with Gasteiger partial charge in [-0.25, -0.2) is 0 Å². The SMILES string of the molecule is Clc1ccc(CNc2cc(Cl)cc(Cl)c2)cc1. The molecule has 0 unspecified atom stereocenters. The molecule has 0 atom stereocenters. The van der Waals surface area contributed by atoms with E-state index >= 15 is 0 Å². The molecular formula is C13H10Cl3N. The van der Waals surface area contributed by atoms with Crippen molar-refractivity contribution in [3.63, 3.8) is 0 Å². The first-order valence-corrected chi connectivity index (χ1v) is 6.21. The fourth-order valence-corrected chi connectivity index (χ4v) is 2.11. The van der Waals surface area contributed by atoms with Gasteiger partial charge >= 0.3 is 0 Å². The van der Waals surface area contributed by atoms with Gasteiger partial charge in [0.2, 0.25) is 0 Å². The summed E-state index contributed by atoms with van der Waals surface area (Å²) in [7, 11) is 0. The predicted molar refractivity (Wildman–Crippen MR) is 75.2 cm³/mol. The van der Waals surface area contributed by atoms with Crippen LogP contribution >= 0.6 is 34.8 Å². The lowest BCUT2D eigenvalue weighted by Gasteiger charge is -2.07. The summed E-state index contributed by atoms with van der Waals surface area (Å²) in [6.07, 6.45) is 0. The summed E-state index contributed by atoms with van der Waals surface area (Å²) >= 11 is 17.6. The minimum Gasteiger partial charge on any atom is -0.381 e. The van der Waals surface area contributed by atoms with Crippen molar-refractivity contribution in [3.8, 4) is 0 Å². The normalized spacial score (nSPS) is 10.3. The van der Waals surface area contributed by atoms with Crippen LogP contribution in [0.25, 0.3) is 0 Å². The average molecular weight is 287 g/mol. The molecule has 0 spiro atoms. The van der Waals surface area contributed by atoms with E-state index in [4.69, 9.17) is 34.8 Å². The zero-order chi connectivity index (χ0) is 12.3. The Bertz CT molecular complexity index is 488. The van der Waals surface area contributed by atoms with Crippen LogP contribution in [0.15, 0.2) is 42.5 Å². The van der Waals surface area contributed by atoms with E-state index in [0.717, 1.165) is 16.3 Å². The van der Waals surface area contributed by atoms with Crippen molar-refractivity contribution < 1.29 is 0 Å². The van der Waals surface area contributed by atoms with Crippen LogP contribution in [-0.2, 0) is 6.54 Å². The number of nitrogens with one attached hydrogen (secondary N) is 1. The molecular weight excluding hydrogens is 277 g/mol. The van der Waals surface area contributed by atoms with Crippen LogP contribution < -0.4 is 5.32 Å². The van der Waals surface area contributed by atoms with E-state index in [1.807, 2.05) is 36.4 Å². The van der Waals surface area contributed by atoms with E-state index < -0.39 is 0 Å². The van der Waals surface area contributed by atoms with Crippen LogP contribution in [0.1, 0.15) is 5.56 Å². The molecule has 4 heteroatoms. The third-order valence-electron chi connectivity index (χ3n) is 2.27. The quantitative estimate of drug-likeness (QED) is 0.811. The fraction of sp³-hybridized carbons (Fsp3) is 0.0769. The largest absolute Gasteiger partial charge is 0.381 e. The van der Waals surface area contributed by atoms with Crippen LogP contribution in [-0.4, -0.2) is 0 Å². The molecule has 0 radical (unpaired) electrons. The predicted octanol–water partition coefficient (Wildman–Crippen LogP) is 5.26. The van der Waals surface area contributed by atoms with Gasteiger partial charge in [-0.3, -0.25) is 0 Å². The highest BCUT2D eigenvalue weighted by Crippen LogP contribution is 2.23. The van der Waals surface area contributed by atoms with Crippen molar-refractivity contribution in [1.29, 1.82) is 0 Å². The van der Waals surface area contributed by atoms with E-state index in [1.54, 1.807) is 6.07 Å². The highest BCUT2D eigenvalue weighted by Gasteiger charge is 1.98. The standard InChI is InChI=1S/C13H10Cl3N/c14-10-3-1-9(2-4-10)8-17-13-6-11(15)5-12(16)7-13/h1-7,17H,8H2. The monoisotopic (exact) mass is 285 g/mol. The zero-order valence-corrected chi connectivity index (χ0v) is 11.2. The first-order valence-electron chi connectivity index (χ1n) is 5.08. The van der Waals surface area contributed by atoms with Gasteiger partial charge < -0.3 is 5.32 Å². The third kappa shape index (κ3) is 3.81. The van der Waals surface area contributed by atoms with Gasteiger partial charge in [-0.1, -0.05) is 46.9 Å². The van der Waals surface area contributed by atoms with Gasteiger partial charge in [0.05, 0.1) is 0 Å². The van der Waals surface area contributed by atoms with Gasteiger partial charge in [0.1, 0.15) is 0 Å². The Kier molecular flexibility index (Phi) is 4.16. The minimum absolute atomic E-state index is 0.621. The van der Waals surface area contributed by atoms with Crippen LogP contribution in [0.5, 0.6) is 0 Å². The average Bonchev–Trinajstić information content (AvgIpc) is 2.27. The van der Waals surface area contributed by atoms with Crippen LogP contribution in [0, 0.1) is 0 Å². The molecule has 1 nitrogen and oxygen atoms in total. The van der Waals surface area contributed by atoms with E-state index in [0.29, 0.717) is 16.6 Å². The topological polar surface area (TPSA) is 12.0 Å². The first kappa shape index (κ1) is 12.6. The number of halogens is 3. The number of benzene rings is 2. The summed E-state index contributed by atoms with van der Waals surface area (Å²) in [5.41, 5.74) is 2.04. The van der Waals surface area contributed by atoms with Crippen molar-refractivity contribution in [3.05, 3.63) is 63.1 Å². The molecule has 0 aliphatic carbocycles. The van der Waals surface area contributed by atoms with Crippen LogP contribution in [0.4, 0.5) is 5.69 Å². The Labute approximate surface area is 115 Å². The second kappa shape index (κ2) is 5.63. The molecule has 2 aromatic carbocycles. The first-order chi connectivity index (χ1) is 8.13. The Morgan fingerprint density at radius 1 is 0.765 bits per heavy atom. The zero-order valence-electron chi connectivity index (χ0n) is 8.88. The van der Waals surface area contributed by atoms with Crippen LogP contribution in [0.3, 0.4) is 0 Å². The summed E-state index contributed by atoms with van der Waals surface area (Å²) in [5.74, 6) is 0. The van der Waals surface area contributed by atoms with E-state index in [9.17, 15) is 0 Å². The summed E-state index contributed by atoms with van der Waals surface area (Å²) in [6.45, 7) is 0.702. The lowest BCUT2D eigenvalue weighted by molar-refractivity contribution is 1.15. The third-order valence-corrected chi connectivity index (χ3v) is 2.96. The van der Waals surface area contributed by atoms with Crippen LogP contribution in [0.2, 0.25) is 15.1 Å². The molecule has 2 rings (SSSR count). The molecule has 88 valence electrons. The van der Waals surface area contributed by atoms with Gasteiger partial charge in [0, 0.05) is 27.3 Å². The number of anilines is 1. The molecule has 0 amide bonds. The summed E-state index contributed by atoms with van der Waals surface area (Å²) < 4.78 is 0. The number of rotatable bonds is 3. The molecule has 0 saturated heterocycles. The Morgan fingerprint density at radius 3 is 1.94 bits per heavy atom. The number of hydrogen-bond donors (Lipinski definition) is 1. The fourth-order valence-electron chi connectivity index (χ4n) is 1.46. The Morgan fingerprint density at radius 2 is 1.35 bits per heavy atom. The van der Waals surface area contributed by atoms with Gasteiger partial charge in [-0.2, -0.15) is 0 Å². The molecule has 0 heterocycles. The van der Waals surface area contributed by atoms with Crippen molar-refractivity contribution >= 4 is 40.5 Å². The summed E-state index contributed by atoms with van der Waals surface area (Å²) in [6, 6.07) is 13.1. The lowest BCUT2D eigenvalue weighted by Crippen LogP contribution is -1.98. The highest BCUT2D eigenvalue weighted by atomic mass is 35.5. The maximum Gasteiger partial charge on any atom is 0.0441 e. The molecule has 0 saturated carbocycles. The highest BCUT2D eigenvalue weighted by molar-refractivity contribution is 6.35. The summed E-state index contributed by atoms with van der Waals surface area (Å²) in [4.78, 5) is 0. The maximum atomic E-state index is 5.91. The summed E-state index contributed by atoms with van der Waals surface area (Å²) in [5, 5.41) is 5.23. The van der Waals surface area contributed by atoms with Crippen molar-refractivity contribution in [2.45, 2.75) is 6.54 Å². The molecule has 17 heavy (non-hydrogen) atoms. The number of hydrogen-bond acceptors (Lipinski definition) is 1. The Hall–Kier alpha value is -0.890. The van der Waals surface area contributed by atoms with Gasteiger partial charge in [-0.15, -0.1) is 0 Å². The molecule has 1 N–H and O–H groups in total. The molecule has 0 aliphatic rings. The van der Waals surface area contributed by atoms with Crippen molar-refractivity contribution in [1.82, 2.24) is 0 Å². The molecule has 0 bridgehead atoms. The van der Waals surface area contributed by atoms with E-state index in [-0.39, 0.29) is 0 Å². The smallest absolute Gasteiger partial charge is 0.0441 e. The minimum atomic E-state index is 0.621. The maximum absolute atomic E-state index is 5.91. The molecule has 2 aromatic rings.